The van der Waals surface area contributed by atoms with Crippen LogP contribution in [0.3, 0.4) is 0 Å². The molecular weight excluding hydrogens is 264 g/mol. The summed E-state index contributed by atoms with van der Waals surface area (Å²) in [6.45, 7) is 2.16. The fourth-order valence-electron chi connectivity index (χ4n) is 2.97. The molecule has 98 valence electrons. The van der Waals surface area contributed by atoms with Gasteiger partial charge in [-0.25, -0.2) is 4.98 Å². The predicted molar refractivity (Wildman–Crippen MR) is 83.7 cm³/mol. The van der Waals surface area contributed by atoms with Gasteiger partial charge in [0.1, 0.15) is 5.69 Å². The average Bonchev–Trinajstić information content (AvgIpc) is 2.94. The maximum atomic E-state index is 5.85. The van der Waals surface area contributed by atoms with Gasteiger partial charge in [0, 0.05) is 12.0 Å². The van der Waals surface area contributed by atoms with Crippen LogP contribution in [0.1, 0.15) is 16.0 Å². The number of hydrogen-bond acceptors (Lipinski definition) is 2. The van der Waals surface area contributed by atoms with E-state index in [1.807, 2.05) is 0 Å². The molecule has 20 heavy (non-hydrogen) atoms. The largest absolute Gasteiger partial charge is 0.330 e. The number of nitrogen functional groups attached to an aromatic ring is 1. The maximum Gasteiger partial charge on any atom is 0.330 e. The first-order valence-corrected chi connectivity index (χ1v) is 7.54. The molecule has 0 amide bonds. The fourth-order valence-corrected chi connectivity index (χ4v) is 3.87. The van der Waals surface area contributed by atoms with Gasteiger partial charge in [-0.3, -0.25) is 5.73 Å². The summed E-state index contributed by atoms with van der Waals surface area (Å²) in [4.78, 5) is 4.63. The zero-order valence-corrected chi connectivity index (χ0v) is 12.1. The molecule has 2 nitrogen and oxygen atoms in total. The van der Waals surface area contributed by atoms with Crippen LogP contribution in [0.2, 0.25) is 0 Å². The van der Waals surface area contributed by atoms with Gasteiger partial charge in [-0.15, -0.1) is 0 Å². The maximum absolute atomic E-state index is 5.85. The van der Waals surface area contributed by atoms with Gasteiger partial charge in [-0.05, 0) is 35.2 Å². The van der Waals surface area contributed by atoms with Crippen molar-refractivity contribution in [3.05, 3.63) is 58.5 Å². The van der Waals surface area contributed by atoms with Crippen molar-refractivity contribution in [1.82, 2.24) is 0 Å². The van der Waals surface area contributed by atoms with Crippen LogP contribution in [-0.4, -0.2) is 0 Å². The number of nitrogens with two attached hydrogens (primary N) is 1. The molecule has 0 saturated heterocycles. The van der Waals surface area contributed by atoms with Crippen molar-refractivity contribution >= 4 is 16.5 Å². The van der Waals surface area contributed by atoms with Crippen LogP contribution in [0, 0.1) is 6.92 Å². The number of fused-ring (bicyclic) bond motifs is 3. The Hall–Kier alpha value is -2.13. The number of anilines is 1. The summed E-state index contributed by atoms with van der Waals surface area (Å²) < 4.78 is 0. The lowest BCUT2D eigenvalue weighted by atomic mass is 9.97. The third kappa shape index (κ3) is 1.67. The molecule has 1 heterocycles. The van der Waals surface area contributed by atoms with Crippen LogP contribution in [0.25, 0.3) is 22.4 Å². The normalized spacial score (nSPS) is 12.2. The Labute approximate surface area is 121 Å². The van der Waals surface area contributed by atoms with Crippen molar-refractivity contribution in [2.75, 3.05) is 5.73 Å². The lowest BCUT2D eigenvalue weighted by Crippen LogP contribution is -2.06. The second kappa shape index (κ2) is 4.18. The van der Waals surface area contributed by atoms with Crippen LogP contribution in [0.15, 0.2) is 42.5 Å². The number of hydrogen-bond donors (Lipinski definition) is 1. The molecule has 1 aliphatic carbocycles. The molecule has 0 fully saturated rings. The Kier molecular flexibility index (Phi) is 2.44. The highest BCUT2D eigenvalue weighted by Gasteiger charge is 2.25. The fraction of sp³-hybridized carbons (Fsp3) is 0.118. The highest BCUT2D eigenvalue weighted by atomic mass is 32.1. The number of aromatic amines is 1. The van der Waals surface area contributed by atoms with Gasteiger partial charge in [0.05, 0.1) is 4.88 Å². The van der Waals surface area contributed by atoms with Crippen LogP contribution in [-0.2, 0) is 6.42 Å². The van der Waals surface area contributed by atoms with E-state index < -0.39 is 0 Å². The number of aromatic nitrogens is 1. The third-order valence-electron chi connectivity index (χ3n) is 3.94. The zero-order valence-electron chi connectivity index (χ0n) is 11.2. The molecule has 2 aromatic carbocycles. The molecule has 1 aromatic heterocycles. The van der Waals surface area contributed by atoms with E-state index in [1.165, 1.54) is 38.4 Å². The van der Waals surface area contributed by atoms with Gasteiger partial charge >= 0.3 is 5.13 Å². The summed E-state index contributed by atoms with van der Waals surface area (Å²) in [5.74, 6) is 0. The first-order chi connectivity index (χ1) is 9.72. The summed E-state index contributed by atoms with van der Waals surface area (Å²) in [7, 11) is 0. The highest BCUT2D eigenvalue weighted by molar-refractivity contribution is 7.15. The van der Waals surface area contributed by atoms with Crippen molar-refractivity contribution in [2.24, 2.45) is 0 Å². The summed E-state index contributed by atoms with van der Waals surface area (Å²) in [6.07, 6.45) is 0.989. The van der Waals surface area contributed by atoms with Crippen molar-refractivity contribution in [3.8, 4) is 22.4 Å². The van der Waals surface area contributed by atoms with Crippen molar-refractivity contribution < 1.29 is 4.98 Å². The average molecular weight is 279 g/mol. The second-order valence-electron chi connectivity index (χ2n) is 5.25. The Morgan fingerprint density at radius 1 is 1.10 bits per heavy atom. The first-order valence-electron chi connectivity index (χ1n) is 6.72. The number of thiazole rings is 1. The molecule has 0 unspecified atom stereocenters. The molecule has 1 aliphatic rings. The van der Waals surface area contributed by atoms with Crippen LogP contribution < -0.4 is 10.7 Å². The second-order valence-corrected chi connectivity index (χ2v) is 6.39. The summed E-state index contributed by atoms with van der Waals surface area (Å²) in [5.41, 5.74) is 13.7. The molecule has 3 N–H and O–H groups in total. The minimum Gasteiger partial charge on any atom is -0.278 e. The van der Waals surface area contributed by atoms with E-state index in [1.54, 1.807) is 11.3 Å². The van der Waals surface area contributed by atoms with E-state index in [9.17, 15) is 0 Å². The lowest BCUT2D eigenvalue weighted by molar-refractivity contribution is -0.340. The molecule has 0 spiro atoms. The van der Waals surface area contributed by atoms with E-state index in [0.29, 0.717) is 0 Å². The van der Waals surface area contributed by atoms with E-state index in [-0.39, 0.29) is 0 Å². The minimum atomic E-state index is 0.795. The van der Waals surface area contributed by atoms with Crippen molar-refractivity contribution in [2.45, 2.75) is 13.3 Å². The van der Waals surface area contributed by atoms with Gasteiger partial charge in [-0.1, -0.05) is 47.7 Å². The molecule has 0 bridgehead atoms. The minimum absolute atomic E-state index is 0.795. The first kappa shape index (κ1) is 11.7. The number of H-pyrrole nitrogens is 1. The molecule has 0 aliphatic heterocycles. The summed E-state index contributed by atoms with van der Waals surface area (Å²) >= 11 is 1.66. The van der Waals surface area contributed by atoms with Crippen molar-refractivity contribution in [1.29, 1.82) is 0 Å². The van der Waals surface area contributed by atoms with Gasteiger partial charge < -0.3 is 0 Å². The summed E-state index contributed by atoms with van der Waals surface area (Å²) in [5, 5.41) is 0.795. The lowest BCUT2D eigenvalue weighted by Gasteiger charge is -2.07. The van der Waals surface area contributed by atoms with Gasteiger partial charge in [-0.2, -0.15) is 0 Å². The molecule has 3 heteroatoms. The Balaban J connectivity index is 1.84. The van der Waals surface area contributed by atoms with Gasteiger partial charge in [0.2, 0.25) is 0 Å². The molecule has 4 rings (SSSR count). The third-order valence-corrected chi connectivity index (χ3v) is 4.86. The number of aryl methyl sites for hydroxylation is 1. The summed E-state index contributed by atoms with van der Waals surface area (Å²) in [6, 6.07) is 15.3. The highest BCUT2D eigenvalue weighted by Crippen LogP contribution is 2.39. The van der Waals surface area contributed by atoms with E-state index in [4.69, 9.17) is 5.73 Å². The quantitative estimate of drug-likeness (QED) is 0.567. The monoisotopic (exact) mass is 279 g/mol. The molecule has 0 saturated carbocycles. The van der Waals surface area contributed by atoms with Crippen molar-refractivity contribution in [3.63, 3.8) is 0 Å². The predicted octanol–water partition coefficient (Wildman–Crippen LogP) is 3.69. The van der Waals surface area contributed by atoms with Gasteiger partial charge in [0.25, 0.3) is 0 Å². The standard InChI is InChI=1S/C17H14N2S/c1-10-4-2-3-5-13(10)11-6-7-14-12(8-11)9-15-16(14)19-17(18)20-15/h2-8H,9H2,1H3,(H2,18,19)/p+1. The molecule has 3 aromatic rings. The van der Waals surface area contributed by atoms with E-state index >= 15 is 0 Å². The van der Waals surface area contributed by atoms with Crippen LogP contribution in [0.4, 0.5) is 5.13 Å². The number of nitrogens with one attached hydrogen (secondary N) is 1. The Morgan fingerprint density at radius 3 is 2.80 bits per heavy atom. The van der Waals surface area contributed by atoms with E-state index in [2.05, 4.69) is 54.4 Å². The number of rotatable bonds is 1. The zero-order chi connectivity index (χ0) is 13.7. The Bertz CT molecular complexity index is 818. The van der Waals surface area contributed by atoms with Crippen LogP contribution >= 0.6 is 11.3 Å². The molecule has 0 atom stereocenters. The smallest absolute Gasteiger partial charge is 0.278 e. The molecule has 0 radical (unpaired) electrons. The van der Waals surface area contributed by atoms with Crippen LogP contribution in [0.5, 0.6) is 0 Å². The topological polar surface area (TPSA) is 40.2 Å². The SMILES string of the molecule is Cc1ccccc1-c1ccc2c(c1)Cc1sc(N)[nH+]c1-2. The number of benzene rings is 2. The Morgan fingerprint density at radius 2 is 1.95 bits per heavy atom. The van der Waals surface area contributed by atoms with Gasteiger partial charge in [0.15, 0.2) is 0 Å². The molecular formula is C17H15N2S+. The van der Waals surface area contributed by atoms with E-state index in [0.717, 1.165) is 11.6 Å².